The molecule has 0 aromatic carbocycles. The van der Waals surface area contributed by atoms with Gasteiger partial charge in [0.2, 0.25) is 11.8 Å². The number of amides is 2. The van der Waals surface area contributed by atoms with Crippen LogP contribution in [0.15, 0.2) is 0 Å². The maximum atomic E-state index is 12.3. The molecule has 2 amide bonds. The molecule has 0 aromatic rings. The topological polar surface area (TPSA) is 109 Å². The van der Waals surface area contributed by atoms with Gasteiger partial charge in [-0.15, -0.1) is 0 Å². The van der Waals surface area contributed by atoms with Crippen LogP contribution in [0.2, 0.25) is 0 Å². The molecular formula is C13H19NO6S. The van der Waals surface area contributed by atoms with Gasteiger partial charge in [-0.05, 0) is 19.3 Å². The summed E-state index contributed by atoms with van der Waals surface area (Å²) < 4.78 is 22.4. The van der Waals surface area contributed by atoms with Crippen molar-refractivity contribution in [2.24, 2.45) is 11.8 Å². The number of carbonyl (C=O) groups excluding carboxylic acids is 2. The molecule has 1 aliphatic carbocycles. The third-order valence-corrected chi connectivity index (χ3v) is 5.21. The summed E-state index contributed by atoms with van der Waals surface area (Å²) in [6.07, 6.45) is 3.66. The number of likely N-dealkylation sites (tertiary alicyclic amines) is 1. The molecular weight excluding hydrogens is 298 g/mol. The molecule has 1 heterocycles. The molecule has 21 heavy (non-hydrogen) atoms. The second-order valence-electron chi connectivity index (χ2n) is 5.82. The van der Waals surface area contributed by atoms with Crippen LogP contribution >= 0.6 is 0 Å². The molecule has 2 fully saturated rings. The fraction of sp³-hybridized carbons (Fsp3) is 0.769. The van der Waals surface area contributed by atoms with Gasteiger partial charge in [-0.3, -0.25) is 14.5 Å². The zero-order chi connectivity index (χ0) is 15.8. The summed E-state index contributed by atoms with van der Waals surface area (Å²) in [7, 11) is -3.36. The van der Waals surface area contributed by atoms with Crippen LogP contribution in [0.1, 0.15) is 32.1 Å². The van der Waals surface area contributed by atoms with Crippen molar-refractivity contribution in [3.63, 3.8) is 0 Å². The van der Waals surface area contributed by atoms with Crippen LogP contribution in [-0.2, 0) is 24.2 Å². The highest BCUT2D eigenvalue weighted by Crippen LogP contribution is 2.39. The van der Waals surface area contributed by atoms with E-state index < -0.39 is 45.5 Å². The van der Waals surface area contributed by atoms with E-state index in [1.807, 2.05) is 0 Å². The maximum absolute atomic E-state index is 12.3. The Kier molecular flexibility index (Phi) is 4.36. The number of hydrogen-bond acceptors (Lipinski definition) is 5. The molecule has 1 aliphatic heterocycles. The van der Waals surface area contributed by atoms with E-state index in [1.165, 1.54) is 0 Å². The molecule has 2 aliphatic rings. The van der Waals surface area contributed by atoms with E-state index in [9.17, 15) is 27.9 Å². The summed E-state index contributed by atoms with van der Waals surface area (Å²) in [5, 5.41) is 9.26. The predicted octanol–water partition coefficient (Wildman–Crippen LogP) is 0.0495. The minimum absolute atomic E-state index is 0.259. The number of carboxylic acids is 1. The van der Waals surface area contributed by atoms with Gasteiger partial charge in [0, 0.05) is 6.26 Å². The van der Waals surface area contributed by atoms with Crippen molar-refractivity contribution in [1.29, 1.82) is 0 Å². The van der Waals surface area contributed by atoms with Crippen LogP contribution in [0, 0.1) is 11.8 Å². The quantitative estimate of drug-likeness (QED) is 0.718. The third kappa shape index (κ3) is 3.25. The van der Waals surface area contributed by atoms with Crippen molar-refractivity contribution in [1.82, 2.24) is 4.90 Å². The van der Waals surface area contributed by atoms with Gasteiger partial charge >= 0.3 is 5.97 Å². The first kappa shape index (κ1) is 15.9. The van der Waals surface area contributed by atoms with Crippen LogP contribution in [0.5, 0.6) is 0 Å². The molecule has 0 bridgehead atoms. The monoisotopic (exact) mass is 317 g/mol. The fourth-order valence-corrected chi connectivity index (χ4v) is 3.84. The predicted molar refractivity (Wildman–Crippen MR) is 73.1 cm³/mol. The molecule has 0 spiro atoms. The highest BCUT2D eigenvalue weighted by Gasteiger charge is 2.51. The van der Waals surface area contributed by atoms with Gasteiger partial charge in [0.1, 0.15) is 15.9 Å². The van der Waals surface area contributed by atoms with Crippen molar-refractivity contribution in [2.45, 2.75) is 38.1 Å². The van der Waals surface area contributed by atoms with Crippen LogP contribution in [0.25, 0.3) is 0 Å². The lowest BCUT2D eigenvalue weighted by Crippen LogP contribution is -2.46. The van der Waals surface area contributed by atoms with Crippen LogP contribution in [0.4, 0.5) is 0 Å². The van der Waals surface area contributed by atoms with E-state index in [-0.39, 0.29) is 12.2 Å². The average Bonchev–Trinajstić information content (AvgIpc) is 2.63. The smallest absolute Gasteiger partial charge is 0.326 e. The second-order valence-corrected chi connectivity index (χ2v) is 8.08. The molecule has 3 atom stereocenters. The molecule has 8 heteroatoms. The minimum Gasteiger partial charge on any atom is -0.480 e. The molecule has 1 N–H and O–H groups in total. The third-order valence-electron chi connectivity index (χ3n) is 4.23. The van der Waals surface area contributed by atoms with E-state index in [2.05, 4.69) is 0 Å². The van der Waals surface area contributed by atoms with Crippen LogP contribution in [0.3, 0.4) is 0 Å². The van der Waals surface area contributed by atoms with Crippen molar-refractivity contribution in [3.8, 4) is 0 Å². The van der Waals surface area contributed by atoms with E-state index in [0.717, 1.165) is 24.0 Å². The Hall–Kier alpha value is -1.44. The second kappa shape index (κ2) is 5.75. The summed E-state index contributed by atoms with van der Waals surface area (Å²) in [5.74, 6) is -3.45. The Bertz CT molecular complexity index is 545. The molecule has 0 radical (unpaired) electrons. The zero-order valence-electron chi connectivity index (χ0n) is 11.8. The normalized spacial score (nSPS) is 27.6. The summed E-state index contributed by atoms with van der Waals surface area (Å²) in [5.41, 5.74) is 0. The number of imide groups is 1. The first-order valence-electron chi connectivity index (χ1n) is 7.00. The molecule has 2 rings (SSSR count). The Morgan fingerprint density at radius 1 is 1.24 bits per heavy atom. The number of carbonyl (C=O) groups is 3. The lowest BCUT2D eigenvalue weighted by molar-refractivity contribution is -0.155. The van der Waals surface area contributed by atoms with Crippen LogP contribution in [-0.4, -0.2) is 54.3 Å². The Morgan fingerprint density at radius 2 is 1.71 bits per heavy atom. The standard InChI is InChI=1S/C13H19NO6S/c1-21(19,20)7-6-10(13(17)18)14-11(15)8-4-2-3-5-9(8)12(14)16/h8-10H,2-7H2,1H3,(H,17,18). The van der Waals surface area contributed by atoms with Crippen molar-refractivity contribution >= 4 is 27.6 Å². The first-order valence-corrected chi connectivity index (χ1v) is 9.06. The van der Waals surface area contributed by atoms with Gasteiger partial charge in [-0.25, -0.2) is 13.2 Å². The lowest BCUT2D eigenvalue weighted by atomic mass is 9.81. The Labute approximate surface area is 123 Å². The highest BCUT2D eigenvalue weighted by atomic mass is 32.2. The van der Waals surface area contributed by atoms with Crippen LogP contribution < -0.4 is 0 Å². The molecule has 0 aromatic heterocycles. The Morgan fingerprint density at radius 3 is 2.10 bits per heavy atom. The van der Waals surface area contributed by atoms with E-state index >= 15 is 0 Å². The number of aliphatic carboxylic acids is 1. The number of hydrogen-bond donors (Lipinski definition) is 1. The van der Waals surface area contributed by atoms with Gasteiger partial charge in [-0.2, -0.15) is 0 Å². The molecule has 1 saturated carbocycles. The number of rotatable bonds is 5. The Balaban J connectivity index is 2.21. The summed E-state index contributed by atoms with van der Waals surface area (Å²) >= 11 is 0. The van der Waals surface area contributed by atoms with Gasteiger partial charge in [-0.1, -0.05) is 12.8 Å². The average molecular weight is 317 g/mol. The molecule has 1 saturated heterocycles. The van der Waals surface area contributed by atoms with Gasteiger partial charge in [0.15, 0.2) is 0 Å². The zero-order valence-corrected chi connectivity index (χ0v) is 12.6. The highest BCUT2D eigenvalue weighted by molar-refractivity contribution is 7.90. The number of carboxylic acid groups (broad SMARTS) is 1. The van der Waals surface area contributed by atoms with E-state index in [1.54, 1.807) is 0 Å². The van der Waals surface area contributed by atoms with Gasteiger partial charge < -0.3 is 5.11 Å². The number of fused-ring (bicyclic) bond motifs is 1. The molecule has 118 valence electrons. The van der Waals surface area contributed by atoms with Crippen molar-refractivity contribution in [2.75, 3.05) is 12.0 Å². The molecule has 7 nitrogen and oxygen atoms in total. The maximum Gasteiger partial charge on any atom is 0.326 e. The summed E-state index contributed by atoms with van der Waals surface area (Å²) in [4.78, 5) is 36.8. The number of sulfone groups is 1. The lowest BCUT2D eigenvalue weighted by Gasteiger charge is -2.22. The van der Waals surface area contributed by atoms with Gasteiger partial charge in [0.25, 0.3) is 0 Å². The van der Waals surface area contributed by atoms with Gasteiger partial charge in [0.05, 0.1) is 17.6 Å². The van der Waals surface area contributed by atoms with Crippen molar-refractivity contribution in [3.05, 3.63) is 0 Å². The largest absolute Gasteiger partial charge is 0.480 e. The molecule has 3 unspecified atom stereocenters. The summed E-state index contributed by atoms with van der Waals surface area (Å²) in [6.45, 7) is 0. The number of nitrogens with zero attached hydrogens (tertiary/aromatic N) is 1. The van der Waals surface area contributed by atoms with E-state index in [0.29, 0.717) is 12.8 Å². The summed E-state index contributed by atoms with van der Waals surface area (Å²) in [6, 6.07) is -1.38. The fourth-order valence-electron chi connectivity index (χ4n) is 3.18. The minimum atomic E-state index is -3.36. The SMILES string of the molecule is CS(=O)(=O)CCC(C(=O)O)N1C(=O)C2CCCCC2C1=O. The van der Waals surface area contributed by atoms with Crippen molar-refractivity contribution < 1.29 is 27.9 Å². The van der Waals surface area contributed by atoms with E-state index in [4.69, 9.17) is 0 Å². The first-order chi connectivity index (χ1) is 9.72.